The Hall–Kier alpha value is -1.49. The molecule has 0 radical (unpaired) electrons. The van der Waals surface area contributed by atoms with E-state index >= 15 is 0 Å². The van der Waals surface area contributed by atoms with Crippen molar-refractivity contribution in [2.45, 2.75) is 45.8 Å². The Balaban J connectivity index is 2.64. The number of carbonyl (C=O) groups is 1. The maximum atomic E-state index is 13.9. The molecule has 1 aromatic rings. The van der Waals surface area contributed by atoms with Gasteiger partial charge >= 0.3 is 6.09 Å². The average Bonchev–Trinajstić information content (AvgIpc) is 2.38. The second-order valence-corrected chi connectivity index (χ2v) is 6.33. The van der Waals surface area contributed by atoms with Gasteiger partial charge in [-0.25, -0.2) is 9.18 Å². The lowest BCUT2D eigenvalue weighted by molar-refractivity contribution is 0.0508. The van der Waals surface area contributed by atoms with Crippen LogP contribution in [0.25, 0.3) is 0 Å². The number of alkyl carbamates (subject to hydrolysis) is 1. The van der Waals surface area contributed by atoms with Crippen molar-refractivity contribution < 1.29 is 18.7 Å². The summed E-state index contributed by atoms with van der Waals surface area (Å²) in [4.78, 5) is 11.7. The van der Waals surface area contributed by atoms with E-state index in [2.05, 4.69) is 5.32 Å². The number of alkyl halides is 1. The fraction of sp³-hybridized carbons (Fsp3) is 0.562. The lowest BCUT2D eigenvalue weighted by Crippen LogP contribution is -2.34. The topological polar surface area (TPSA) is 47.6 Å². The summed E-state index contributed by atoms with van der Waals surface area (Å²) in [5.41, 5.74) is 0.0582. The highest BCUT2D eigenvalue weighted by Gasteiger charge is 2.19. The number of hydrogen-bond donors (Lipinski definition) is 1. The molecule has 0 bridgehead atoms. The minimum absolute atomic E-state index is 0.179. The Labute approximate surface area is 135 Å². The molecular formula is C16H23ClFNO3. The van der Waals surface area contributed by atoms with Crippen LogP contribution in [0.5, 0.6) is 5.75 Å². The van der Waals surface area contributed by atoms with Gasteiger partial charge < -0.3 is 14.8 Å². The standard InChI is InChI=1S/C16H23ClFNO3/c1-11(19-15(20)22-16(2,3)4)12-6-7-14(13(18)10-12)21-9-5-8-17/h6-7,10-11H,5,8-9H2,1-4H3,(H,19,20). The van der Waals surface area contributed by atoms with E-state index in [1.807, 2.05) is 0 Å². The van der Waals surface area contributed by atoms with Crippen molar-refractivity contribution >= 4 is 17.7 Å². The van der Waals surface area contributed by atoms with Crippen LogP contribution in [0.1, 0.15) is 45.7 Å². The molecule has 124 valence electrons. The zero-order valence-corrected chi connectivity index (χ0v) is 14.2. The number of rotatable bonds is 6. The molecule has 1 amide bonds. The van der Waals surface area contributed by atoms with Crippen molar-refractivity contribution in [3.05, 3.63) is 29.6 Å². The minimum Gasteiger partial charge on any atom is -0.490 e. The first-order valence-corrected chi connectivity index (χ1v) is 7.74. The van der Waals surface area contributed by atoms with Crippen molar-refractivity contribution in [3.8, 4) is 5.75 Å². The van der Waals surface area contributed by atoms with E-state index in [1.165, 1.54) is 6.07 Å². The smallest absolute Gasteiger partial charge is 0.408 e. The lowest BCUT2D eigenvalue weighted by Gasteiger charge is -2.22. The van der Waals surface area contributed by atoms with E-state index in [0.717, 1.165) is 0 Å². The molecule has 0 spiro atoms. The lowest BCUT2D eigenvalue weighted by atomic mass is 10.1. The van der Waals surface area contributed by atoms with Crippen LogP contribution >= 0.6 is 11.6 Å². The maximum Gasteiger partial charge on any atom is 0.408 e. The Morgan fingerprint density at radius 3 is 2.64 bits per heavy atom. The Kier molecular flexibility index (Phi) is 6.94. The van der Waals surface area contributed by atoms with Crippen molar-refractivity contribution in [1.82, 2.24) is 5.32 Å². The van der Waals surface area contributed by atoms with E-state index < -0.39 is 17.5 Å². The van der Waals surface area contributed by atoms with Crippen LogP contribution < -0.4 is 10.1 Å². The summed E-state index contributed by atoms with van der Waals surface area (Å²) in [5, 5.41) is 2.67. The molecule has 0 heterocycles. The summed E-state index contributed by atoms with van der Waals surface area (Å²) in [5.74, 6) is 0.180. The summed E-state index contributed by atoms with van der Waals surface area (Å²) in [6.45, 7) is 7.47. The summed E-state index contributed by atoms with van der Waals surface area (Å²) >= 11 is 5.54. The molecule has 0 saturated carbocycles. The predicted molar refractivity (Wildman–Crippen MR) is 85.0 cm³/mol. The van der Waals surface area contributed by atoms with Gasteiger partial charge in [0.25, 0.3) is 0 Å². The number of carbonyl (C=O) groups excluding carboxylic acids is 1. The third kappa shape index (κ3) is 6.52. The highest BCUT2D eigenvalue weighted by molar-refractivity contribution is 6.17. The molecular weight excluding hydrogens is 309 g/mol. The van der Waals surface area contributed by atoms with Crippen LogP contribution in [0, 0.1) is 5.82 Å². The highest BCUT2D eigenvalue weighted by Crippen LogP contribution is 2.22. The van der Waals surface area contributed by atoms with Crippen molar-refractivity contribution in [2.75, 3.05) is 12.5 Å². The molecule has 4 nitrogen and oxygen atoms in total. The van der Waals surface area contributed by atoms with Crippen molar-refractivity contribution in [2.24, 2.45) is 0 Å². The summed E-state index contributed by atoms with van der Waals surface area (Å²) < 4.78 is 24.4. The third-order valence-corrected chi connectivity index (χ3v) is 2.99. The molecule has 0 aliphatic carbocycles. The number of benzene rings is 1. The highest BCUT2D eigenvalue weighted by atomic mass is 35.5. The van der Waals surface area contributed by atoms with Gasteiger partial charge in [-0.05, 0) is 51.8 Å². The van der Waals surface area contributed by atoms with Crippen molar-refractivity contribution in [3.63, 3.8) is 0 Å². The molecule has 0 saturated heterocycles. The monoisotopic (exact) mass is 331 g/mol. The quantitative estimate of drug-likeness (QED) is 0.620. The number of ether oxygens (including phenoxy) is 2. The third-order valence-electron chi connectivity index (χ3n) is 2.72. The first-order valence-electron chi connectivity index (χ1n) is 7.20. The zero-order chi connectivity index (χ0) is 16.8. The van der Waals surface area contributed by atoms with Gasteiger partial charge in [0.15, 0.2) is 11.6 Å². The molecule has 1 aromatic carbocycles. The second kappa shape index (κ2) is 8.22. The van der Waals surface area contributed by atoms with Crippen LogP contribution in [0.2, 0.25) is 0 Å². The molecule has 0 aromatic heterocycles. The van der Waals surface area contributed by atoms with E-state index in [-0.39, 0.29) is 11.8 Å². The van der Waals surface area contributed by atoms with Gasteiger partial charge in [-0.1, -0.05) is 6.07 Å². The number of nitrogens with one attached hydrogen (secondary N) is 1. The largest absolute Gasteiger partial charge is 0.490 e. The Bertz CT molecular complexity index is 503. The molecule has 6 heteroatoms. The Morgan fingerprint density at radius 2 is 2.09 bits per heavy atom. The van der Waals surface area contributed by atoms with Crippen LogP contribution in [0.3, 0.4) is 0 Å². The van der Waals surface area contributed by atoms with Crippen LogP contribution in [-0.2, 0) is 4.74 Å². The fourth-order valence-electron chi connectivity index (χ4n) is 1.71. The molecule has 0 aliphatic rings. The normalized spacial score (nSPS) is 12.6. The van der Waals surface area contributed by atoms with Gasteiger partial charge in [0.05, 0.1) is 12.6 Å². The SMILES string of the molecule is CC(NC(=O)OC(C)(C)C)c1ccc(OCCCCl)c(F)c1. The van der Waals surface area contributed by atoms with Gasteiger partial charge in [-0.3, -0.25) is 0 Å². The first kappa shape index (κ1) is 18.6. The molecule has 0 aliphatic heterocycles. The van der Waals surface area contributed by atoms with E-state index in [0.29, 0.717) is 24.5 Å². The average molecular weight is 332 g/mol. The van der Waals surface area contributed by atoms with E-state index in [9.17, 15) is 9.18 Å². The molecule has 1 unspecified atom stereocenters. The van der Waals surface area contributed by atoms with Crippen LogP contribution in [-0.4, -0.2) is 24.2 Å². The Morgan fingerprint density at radius 1 is 1.41 bits per heavy atom. The molecule has 1 rings (SSSR count). The van der Waals surface area contributed by atoms with Gasteiger partial charge in [-0.2, -0.15) is 0 Å². The number of hydrogen-bond acceptors (Lipinski definition) is 3. The van der Waals surface area contributed by atoms with Crippen molar-refractivity contribution in [1.29, 1.82) is 0 Å². The molecule has 22 heavy (non-hydrogen) atoms. The summed E-state index contributed by atoms with van der Waals surface area (Å²) in [7, 11) is 0. The van der Waals surface area contributed by atoms with Crippen LogP contribution in [0.4, 0.5) is 9.18 Å². The van der Waals surface area contributed by atoms with Gasteiger partial charge in [0.2, 0.25) is 0 Å². The van der Waals surface area contributed by atoms with E-state index in [1.54, 1.807) is 39.8 Å². The summed E-state index contributed by atoms with van der Waals surface area (Å²) in [6, 6.07) is 4.23. The van der Waals surface area contributed by atoms with Gasteiger partial charge in [0.1, 0.15) is 5.60 Å². The van der Waals surface area contributed by atoms with Gasteiger partial charge in [0, 0.05) is 5.88 Å². The zero-order valence-electron chi connectivity index (χ0n) is 13.4. The minimum atomic E-state index is -0.574. The summed E-state index contributed by atoms with van der Waals surface area (Å²) in [6.07, 6.45) is 0.113. The van der Waals surface area contributed by atoms with Crippen LogP contribution in [0.15, 0.2) is 18.2 Å². The predicted octanol–water partition coefficient (Wildman–Crippen LogP) is 4.42. The fourth-order valence-corrected chi connectivity index (χ4v) is 1.82. The van der Waals surface area contributed by atoms with Gasteiger partial charge in [-0.15, -0.1) is 11.6 Å². The number of amides is 1. The molecule has 0 fully saturated rings. The van der Waals surface area contributed by atoms with E-state index in [4.69, 9.17) is 21.1 Å². The molecule has 1 atom stereocenters. The maximum absolute atomic E-state index is 13.9. The second-order valence-electron chi connectivity index (χ2n) is 5.95. The molecule has 1 N–H and O–H groups in total. The number of halogens is 2. The first-order chi connectivity index (χ1) is 10.2.